The van der Waals surface area contributed by atoms with Crippen molar-refractivity contribution in [3.05, 3.63) is 48.4 Å². The van der Waals surface area contributed by atoms with Crippen LogP contribution >= 0.6 is 0 Å². The molecule has 5 heteroatoms. The van der Waals surface area contributed by atoms with Crippen LogP contribution in [0.4, 0.5) is 5.69 Å². The van der Waals surface area contributed by atoms with E-state index in [1.807, 2.05) is 30.3 Å². The van der Waals surface area contributed by atoms with Gasteiger partial charge in [-0.15, -0.1) is 0 Å². The maximum atomic E-state index is 11.1. The molecule has 5 nitrogen and oxygen atoms in total. The quantitative estimate of drug-likeness (QED) is 0.834. The van der Waals surface area contributed by atoms with Crippen molar-refractivity contribution in [1.29, 1.82) is 0 Å². The normalized spacial score (nSPS) is 9.95. The zero-order valence-electron chi connectivity index (χ0n) is 10.7. The summed E-state index contributed by atoms with van der Waals surface area (Å²) in [4.78, 5) is 11.1. The minimum Gasteiger partial charge on any atom is -0.484 e. The summed E-state index contributed by atoms with van der Waals surface area (Å²) in [6.07, 6.45) is 3.33. The topological polar surface area (TPSA) is 63.5 Å². The van der Waals surface area contributed by atoms with Gasteiger partial charge in [0.05, 0.1) is 12.5 Å². The number of rotatable bonds is 6. The summed E-state index contributed by atoms with van der Waals surface area (Å²) in [5.41, 5.74) is 1.99. The molecule has 2 aromatic rings. The van der Waals surface area contributed by atoms with Crippen molar-refractivity contribution in [1.82, 2.24) is 5.32 Å². The van der Waals surface area contributed by atoms with E-state index in [0.29, 0.717) is 12.3 Å². The fourth-order valence-electron chi connectivity index (χ4n) is 1.51. The zero-order chi connectivity index (χ0) is 13.5. The van der Waals surface area contributed by atoms with Gasteiger partial charge >= 0.3 is 0 Å². The van der Waals surface area contributed by atoms with E-state index in [2.05, 4.69) is 10.6 Å². The van der Waals surface area contributed by atoms with E-state index in [1.54, 1.807) is 19.6 Å². The van der Waals surface area contributed by atoms with Crippen LogP contribution in [0.5, 0.6) is 5.75 Å². The molecule has 2 rings (SSSR count). The second-order valence-electron chi connectivity index (χ2n) is 3.97. The molecule has 100 valence electrons. The van der Waals surface area contributed by atoms with Crippen molar-refractivity contribution >= 4 is 11.6 Å². The van der Waals surface area contributed by atoms with Crippen LogP contribution in [-0.2, 0) is 11.3 Å². The molecule has 0 atom stereocenters. The lowest BCUT2D eigenvalue weighted by Gasteiger charge is -2.08. The number of hydrogen-bond donors (Lipinski definition) is 2. The van der Waals surface area contributed by atoms with E-state index < -0.39 is 0 Å². The van der Waals surface area contributed by atoms with Crippen LogP contribution in [0.1, 0.15) is 5.56 Å². The first-order valence-electron chi connectivity index (χ1n) is 5.96. The number of furan rings is 1. The predicted molar refractivity (Wildman–Crippen MR) is 72.0 cm³/mol. The van der Waals surface area contributed by atoms with Crippen molar-refractivity contribution in [2.24, 2.45) is 0 Å². The number of hydrogen-bond acceptors (Lipinski definition) is 4. The Morgan fingerprint density at radius 3 is 3.00 bits per heavy atom. The van der Waals surface area contributed by atoms with Crippen LogP contribution < -0.4 is 15.4 Å². The Labute approximate surface area is 111 Å². The molecule has 0 saturated heterocycles. The van der Waals surface area contributed by atoms with Gasteiger partial charge < -0.3 is 19.8 Å². The maximum absolute atomic E-state index is 11.1. The molecular formula is C14H16N2O3. The second-order valence-corrected chi connectivity index (χ2v) is 3.97. The lowest BCUT2D eigenvalue weighted by atomic mass is 10.2. The largest absolute Gasteiger partial charge is 0.484 e. The molecule has 2 N–H and O–H groups in total. The van der Waals surface area contributed by atoms with Crippen molar-refractivity contribution in [3.63, 3.8) is 0 Å². The van der Waals surface area contributed by atoms with Crippen molar-refractivity contribution in [2.75, 3.05) is 19.0 Å². The Balaban J connectivity index is 1.89. The molecule has 19 heavy (non-hydrogen) atoms. The highest BCUT2D eigenvalue weighted by molar-refractivity contribution is 5.77. The highest BCUT2D eigenvalue weighted by Gasteiger charge is 2.01. The minimum atomic E-state index is -0.156. The van der Waals surface area contributed by atoms with Gasteiger partial charge in [-0.1, -0.05) is 6.07 Å². The van der Waals surface area contributed by atoms with Gasteiger partial charge in [0.25, 0.3) is 5.91 Å². The molecule has 1 amide bonds. The molecule has 0 bridgehead atoms. The molecule has 0 fully saturated rings. The summed E-state index contributed by atoms with van der Waals surface area (Å²) < 4.78 is 10.4. The molecule has 0 spiro atoms. The lowest BCUT2D eigenvalue weighted by Crippen LogP contribution is -2.24. The Morgan fingerprint density at radius 2 is 2.26 bits per heavy atom. The SMILES string of the molecule is CNC(=O)COc1cccc(NCc2ccoc2)c1. The molecule has 0 radical (unpaired) electrons. The first-order valence-corrected chi connectivity index (χ1v) is 5.96. The fraction of sp³-hybridized carbons (Fsp3) is 0.214. The smallest absolute Gasteiger partial charge is 0.257 e. The third kappa shape index (κ3) is 4.06. The van der Waals surface area contributed by atoms with Crippen LogP contribution in [0, 0.1) is 0 Å². The predicted octanol–water partition coefficient (Wildman–Crippen LogP) is 2.02. The van der Waals surface area contributed by atoms with Crippen molar-refractivity contribution in [3.8, 4) is 5.75 Å². The number of likely N-dealkylation sites (N-methyl/N-ethyl adjacent to an activating group) is 1. The highest BCUT2D eigenvalue weighted by Crippen LogP contribution is 2.18. The minimum absolute atomic E-state index is 0.0156. The van der Waals surface area contributed by atoms with Crippen LogP contribution in [0.3, 0.4) is 0 Å². The average molecular weight is 260 g/mol. The standard InChI is InChI=1S/C14H16N2O3/c1-15-14(17)10-19-13-4-2-3-12(7-13)16-8-11-5-6-18-9-11/h2-7,9,16H,8,10H2,1H3,(H,15,17). The second kappa shape index (κ2) is 6.49. The summed E-state index contributed by atoms with van der Waals surface area (Å²) in [6.45, 7) is 0.692. The van der Waals surface area contributed by atoms with Crippen molar-refractivity contribution in [2.45, 2.75) is 6.54 Å². The highest BCUT2D eigenvalue weighted by atomic mass is 16.5. The summed E-state index contributed by atoms with van der Waals surface area (Å²) in [7, 11) is 1.58. The van der Waals surface area contributed by atoms with Gasteiger partial charge in [0.2, 0.25) is 0 Å². The Hall–Kier alpha value is -2.43. The van der Waals surface area contributed by atoms with E-state index in [0.717, 1.165) is 11.3 Å². The van der Waals surface area contributed by atoms with Gasteiger partial charge in [-0.3, -0.25) is 4.79 Å². The number of benzene rings is 1. The number of amides is 1. The first kappa shape index (κ1) is 13.0. The lowest BCUT2D eigenvalue weighted by molar-refractivity contribution is -0.122. The Morgan fingerprint density at radius 1 is 1.37 bits per heavy atom. The zero-order valence-corrected chi connectivity index (χ0v) is 10.7. The molecule has 1 heterocycles. The number of carbonyl (C=O) groups excluding carboxylic acids is 1. The number of nitrogens with one attached hydrogen (secondary N) is 2. The Kier molecular flexibility index (Phi) is 4.44. The Bertz CT molecular complexity index is 523. The fourth-order valence-corrected chi connectivity index (χ4v) is 1.51. The molecule has 0 unspecified atom stereocenters. The van der Waals surface area contributed by atoms with E-state index >= 15 is 0 Å². The summed E-state index contributed by atoms with van der Waals surface area (Å²) in [5.74, 6) is 0.498. The number of anilines is 1. The van der Waals surface area contributed by atoms with E-state index in [9.17, 15) is 4.79 Å². The monoisotopic (exact) mass is 260 g/mol. The first-order chi connectivity index (χ1) is 9.28. The van der Waals surface area contributed by atoms with Crippen LogP contribution in [0.25, 0.3) is 0 Å². The molecule has 0 aliphatic rings. The van der Waals surface area contributed by atoms with Crippen LogP contribution in [0.2, 0.25) is 0 Å². The van der Waals surface area contributed by atoms with Gasteiger partial charge in [0.15, 0.2) is 6.61 Å². The molecule has 1 aromatic heterocycles. The molecular weight excluding hydrogens is 244 g/mol. The summed E-state index contributed by atoms with van der Waals surface area (Å²) >= 11 is 0. The summed E-state index contributed by atoms with van der Waals surface area (Å²) in [5, 5.41) is 5.75. The number of ether oxygens (including phenoxy) is 1. The van der Waals surface area contributed by atoms with Gasteiger partial charge in [-0.25, -0.2) is 0 Å². The van der Waals surface area contributed by atoms with Crippen LogP contribution in [0.15, 0.2) is 47.3 Å². The van der Waals surface area contributed by atoms with Gasteiger partial charge in [-0.2, -0.15) is 0 Å². The van der Waals surface area contributed by atoms with Crippen LogP contribution in [-0.4, -0.2) is 19.6 Å². The third-order valence-corrected chi connectivity index (χ3v) is 2.56. The summed E-state index contributed by atoms with van der Waals surface area (Å²) in [6, 6.07) is 9.37. The molecule has 0 aliphatic heterocycles. The van der Waals surface area contributed by atoms with E-state index in [1.165, 1.54) is 0 Å². The average Bonchev–Trinajstić information content (AvgIpc) is 2.96. The number of carbonyl (C=O) groups is 1. The van der Waals surface area contributed by atoms with Gasteiger partial charge in [-0.05, 0) is 18.2 Å². The molecule has 0 aliphatic carbocycles. The molecule has 0 saturated carbocycles. The van der Waals surface area contributed by atoms with E-state index in [-0.39, 0.29) is 12.5 Å². The molecule has 1 aromatic carbocycles. The maximum Gasteiger partial charge on any atom is 0.257 e. The van der Waals surface area contributed by atoms with E-state index in [4.69, 9.17) is 9.15 Å². The van der Waals surface area contributed by atoms with Crippen molar-refractivity contribution < 1.29 is 13.9 Å². The van der Waals surface area contributed by atoms with Gasteiger partial charge in [0.1, 0.15) is 5.75 Å². The van der Waals surface area contributed by atoms with Gasteiger partial charge in [0, 0.05) is 30.9 Å². The third-order valence-electron chi connectivity index (χ3n) is 2.56.